The van der Waals surface area contributed by atoms with E-state index in [0.717, 1.165) is 6.42 Å². The number of amides is 3. The van der Waals surface area contributed by atoms with Crippen molar-refractivity contribution in [3.05, 3.63) is 42.2 Å². The van der Waals surface area contributed by atoms with E-state index in [0.29, 0.717) is 17.5 Å². The Balaban J connectivity index is 1.44. The molecule has 6 heteroatoms. The first-order valence-electron chi connectivity index (χ1n) is 9.04. The van der Waals surface area contributed by atoms with Gasteiger partial charge in [-0.3, -0.25) is 24.2 Å². The topological polar surface area (TPSA) is 57.7 Å². The van der Waals surface area contributed by atoms with Crippen molar-refractivity contribution in [1.82, 2.24) is 4.90 Å². The Morgan fingerprint density at radius 1 is 1.08 bits per heavy atom. The second kappa shape index (κ2) is 5.25. The molecule has 2 saturated carbocycles. The molecule has 5 aliphatic rings. The summed E-state index contributed by atoms with van der Waals surface area (Å²) in [5.41, 5.74) is 0.471. The van der Waals surface area contributed by atoms with Crippen LogP contribution in [0.15, 0.2) is 36.4 Å². The summed E-state index contributed by atoms with van der Waals surface area (Å²) in [6.45, 7) is 1.27. The first-order valence-corrected chi connectivity index (χ1v) is 9.04. The van der Waals surface area contributed by atoms with Crippen molar-refractivity contribution >= 4 is 23.4 Å². The number of nitrogens with zero attached hydrogens (tertiary/aromatic N) is 2. The number of hydrogen-bond donors (Lipinski definition) is 0. The van der Waals surface area contributed by atoms with Crippen LogP contribution in [0.3, 0.4) is 0 Å². The molecule has 3 fully saturated rings. The van der Waals surface area contributed by atoms with Crippen LogP contribution in [-0.2, 0) is 14.4 Å². The Morgan fingerprint density at radius 3 is 2.12 bits per heavy atom. The predicted molar refractivity (Wildman–Crippen MR) is 91.0 cm³/mol. The van der Waals surface area contributed by atoms with Crippen molar-refractivity contribution in [2.24, 2.45) is 35.5 Å². The van der Waals surface area contributed by atoms with Crippen LogP contribution in [0.1, 0.15) is 13.3 Å². The van der Waals surface area contributed by atoms with Crippen molar-refractivity contribution in [3.63, 3.8) is 0 Å². The molecule has 134 valence electrons. The third kappa shape index (κ3) is 2.04. The summed E-state index contributed by atoms with van der Waals surface area (Å²) < 4.78 is 13.2. The first-order chi connectivity index (χ1) is 12.5. The summed E-state index contributed by atoms with van der Waals surface area (Å²) in [4.78, 5) is 40.7. The second-order valence-corrected chi connectivity index (χ2v) is 7.82. The molecule has 2 bridgehead atoms. The van der Waals surface area contributed by atoms with Gasteiger partial charge in [-0.1, -0.05) is 12.2 Å². The van der Waals surface area contributed by atoms with E-state index >= 15 is 0 Å². The highest BCUT2D eigenvalue weighted by atomic mass is 19.1. The fraction of sp³-hybridized carbons (Fsp3) is 0.450. The molecule has 1 aliphatic heterocycles. The summed E-state index contributed by atoms with van der Waals surface area (Å²) in [5.74, 6) is -0.175. The molecule has 3 amide bonds. The maximum Gasteiger partial charge on any atom is 0.235 e. The smallest absolute Gasteiger partial charge is 0.235 e. The number of imide groups is 1. The minimum atomic E-state index is -0.404. The molecule has 0 spiro atoms. The predicted octanol–water partition coefficient (Wildman–Crippen LogP) is 2.19. The Labute approximate surface area is 150 Å². The van der Waals surface area contributed by atoms with Gasteiger partial charge in [-0.2, -0.15) is 0 Å². The summed E-state index contributed by atoms with van der Waals surface area (Å²) in [6, 6.07) is 5.48. The zero-order valence-corrected chi connectivity index (χ0v) is 14.3. The van der Waals surface area contributed by atoms with Crippen molar-refractivity contribution in [2.75, 3.05) is 11.6 Å². The van der Waals surface area contributed by atoms with E-state index in [1.165, 1.54) is 41.0 Å². The van der Waals surface area contributed by atoms with E-state index < -0.39 is 5.82 Å². The van der Waals surface area contributed by atoms with Gasteiger partial charge in [-0.25, -0.2) is 4.39 Å². The van der Waals surface area contributed by atoms with Crippen molar-refractivity contribution in [3.8, 4) is 0 Å². The zero-order valence-electron chi connectivity index (χ0n) is 14.3. The first kappa shape index (κ1) is 15.7. The number of carbonyl (C=O) groups excluding carboxylic acids is 3. The highest BCUT2D eigenvalue weighted by Gasteiger charge is 2.67. The Hall–Kier alpha value is -2.50. The minimum absolute atomic E-state index is 0.111. The van der Waals surface area contributed by atoms with Crippen molar-refractivity contribution in [1.29, 1.82) is 0 Å². The van der Waals surface area contributed by atoms with Crippen LogP contribution >= 0.6 is 0 Å². The molecule has 4 aliphatic carbocycles. The van der Waals surface area contributed by atoms with E-state index in [1.807, 2.05) is 0 Å². The van der Waals surface area contributed by atoms with Gasteiger partial charge in [0.25, 0.3) is 0 Å². The maximum absolute atomic E-state index is 13.2. The minimum Gasteiger partial charge on any atom is -0.294 e. The Kier molecular flexibility index (Phi) is 3.18. The number of benzene rings is 1. The maximum atomic E-state index is 13.2. The Morgan fingerprint density at radius 2 is 1.62 bits per heavy atom. The lowest BCUT2D eigenvalue weighted by Gasteiger charge is -2.37. The third-order valence-electron chi connectivity index (χ3n) is 6.56. The van der Waals surface area contributed by atoms with Crippen molar-refractivity contribution in [2.45, 2.75) is 13.3 Å². The SMILES string of the molecule is CC(=O)N(CN1C(=O)[C@H]2[C@@H]3C=C[C@H]([C@@H]4C[C@H]34)[C@@H]2C1=O)c1ccc(F)cc1. The monoisotopic (exact) mass is 354 g/mol. The lowest BCUT2D eigenvalue weighted by atomic mass is 9.63. The van der Waals surface area contributed by atoms with E-state index in [-0.39, 0.29) is 48.1 Å². The van der Waals surface area contributed by atoms with Gasteiger partial charge in [-0.15, -0.1) is 0 Å². The summed E-state index contributed by atoms with van der Waals surface area (Å²) in [7, 11) is 0. The average molecular weight is 354 g/mol. The van der Waals surface area contributed by atoms with Gasteiger partial charge < -0.3 is 0 Å². The van der Waals surface area contributed by atoms with Gasteiger partial charge in [0, 0.05) is 12.6 Å². The Bertz CT molecular complexity index is 813. The lowest BCUT2D eigenvalue weighted by molar-refractivity contribution is -0.140. The molecular formula is C20H19FN2O3. The third-order valence-corrected chi connectivity index (χ3v) is 6.56. The average Bonchev–Trinajstić information content (AvgIpc) is 3.40. The number of allylic oxidation sites excluding steroid dienone is 2. The van der Waals surface area contributed by atoms with E-state index in [4.69, 9.17) is 0 Å². The number of anilines is 1. The summed E-state index contributed by atoms with van der Waals surface area (Å²) in [6.07, 6.45) is 5.36. The number of hydrogen-bond acceptors (Lipinski definition) is 3. The molecule has 6 rings (SSSR count). The molecule has 26 heavy (non-hydrogen) atoms. The highest BCUT2D eigenvalue weighted by molar-refractivity contribution is 6.07. The van der Waals surface area contributed by atoms with Crippen LogP contribution in [0.4, 0.5) is 10.1 Å². The fourth-order valence-corrected chi connectivity index (χ4v) is 5.28. The number of rotatable bonds is 3. The van der Waals surface area contributed by atoms with E-state index in [1.54, 1.807) is 0 Å². The molecule has 0 aromatic heterocycles. The summed E-state index contributed by atoms with van der Waals surface area (Å²) in [5, 5.41) is 0. The summed E-state index contributed by atoms with van der Waals surface area (Å²) >= 11 is 0. The highest BCUT2D eigenvalue weighted by Crippen LogP contribution is 2.65. The van der Waals surface area contributed by atoms with E-state index in [9.17, 15) is 18.8 Å². The van der Waals surface area contributed by atoms with Crippen LogP contribution in [0.5, 0.6) is 0 Å². The van der Waals surface area contributed by atoms with Gasteiger partial charge in [0.2, 0.25) is 17.7 Å². The molecule has 1 aromatic carbocycles. The van der Waals surface area contributed by atoms with Gasteiger partial charge in [0.15, 0.2) is 0 Å². The zero-order chi connectivity index (χ0) is 18.2. The number of likely N-dealkylation sites (tertiary alicyclic amines) is 1. The molecule has 5 nitrogen and oxygen atoms in total. The van der Waals surface area contributed by atoms with Gasteiger partial charge in [-0.05, 0) is 54.4 Å². The van der Waals surface area contributed by atoms with Crippen LogP contribution in [0.2, 0.25) is 0 Å². The van der Waals surface area contributed by atoms with Gasteiger partial charge >= 0.3 is 0 Å². The number of carbonyl (C=O) groups is 3. The quantitative estimate of drug-likeness (QED) is 0.618. The van der Waals surface area contributed by atoms with Gasteiger partial charge in [0.1, 0.15) is 12.5 Å². The standard InChI is InChI=1S/C20H19FN2O3/c1-10(24)22(12-4-2-11(21)3-5-12)9-23-19(25)17-13-6-7-14(16-8-15(13)16)18(17)20(23)26/h2-7,13-18H,8-9H2,1H3/t13-,14-,15-,16+,17+,18+/m1/s1. The molecule has 6 atom stereocenters. The van der Waals surface area contributed by atoms with Crippen molar-refractivity contribution < 1.29 is 18.8 Å². The lowest BCUT2D eigenvalue weighted by Crippen LogP contribution is -2.44. The molecule has 1 heterocycles. The number of halogens is 1. The van der Waals surface area contributed by atoms with Crippen LogP contribution in [0.25, 0.3) is 0 Å². The van der Waals surface area contributed by atoms with Gasteiger partial charge in [0.05, 0.1) is 11.8 Å². The molecule has 0 unspecified atom stereocenters. The fourth-order valence-electron chi connectivity index (χ4n) is 5.28. The molecule has 0 N–H and O–H groups in total. The van der Waals surface area contributed by atoms with Crippen LogP contribution in [0, 0.1) is 41.3 Å². The molecular weight excluding hydrogens is 335 g/mol. The largest absolute Gasteiger partial charge is 0.294 e. The second-order valence-electron chi connectivity index (χ2n) is 7.82. The molecule has 0 radical (unpaired) electrons. The normalized spacial score (nSPS) is 36.2. The van der Waals surface area contributed by atoms with Crippen LogP contribution < -0.4 is 4.90 Å². The van der Waals surface area contributed by atoms with E-state index in [2.05, 4.69) is 12.2 Å². The molecule has 1 saturated heterocycles. The van der Waals surface area contributed by atoms with Crippen LogP contribution in [-0.4, -0.2) is 29.3 Å². The molecule has 1 aromatic rings.